The highest BCUT2D eigenvalue weighted by Crippen LogP contribution is 2.47. The second-order valence-corrected chi connectivity index (χ2v) is 5.93. The molecule has 2 aliphatic carbocycles. The first kappa shape index (κ1) is 11.7. The van der Waals surface area contributed by atoms with E-state index in [1.807, 2.05) is 0 Å². The van der Waals surface area contributed by atoms with Gasteiger partial charge in [-0.25, -0.2) is 0 Å². The third-order valence-corrected chi connectivity index (χ3v) is 4.75. The van der Waals surface area contributed by atoms with Gasteiger partial charge >= 0.3 is 0 Å². The molecule has 0 bridgehead atoms. The molecule has 0 fully saturated rings. The summed E-state index contributed by atoms with van der Waals surface area (Å²) < 4.78 is 0. The van der Waals surface area contributed by atoms with Crippen LogP contribution in [0.4, 0.5) is 0 Å². The van der Waals surface area contributed by atoms with Crippen molar-refractivity contribution in [1.82, 2.24) is 0 Å². The highest BCUT2D eigenvalue weighted by Gasteiger charge is 2.30. The third-order valence-electron chi connectivity index (χ3n) is 4.75. The van der Waals surface area contributed by atoms with Crippen LogP contribution in [0.3, 0.4) is 0 Å². The van der Waals surface area contributed by atoms with Crippen LogP contribution in [-0.4, -0.2) is 0 Å². The first-order chi connectivity index (χ1) is 9.75. The van der Waals surface area contributed by atoms with E-state index in [1.54, 1.807) is 0 Å². The molecule has 0 spiro atoms. The third kappa shape index (κ3) is 1.54. The van der Waals surface area contributed by atoms with Gasteiger partial charge in [0.1, 0.15) is 0 Å². The Morgan fingerprint density at radius 2 is 1.50 bits per heavy atom. The van der Waals surface area contributed by atoms with E-state index in [1.165, 1.54) is 33.4 Å². The zero-order chi connectivity index (χ0) is 13.7. The Labute approximate surface area is 120 Å². The predicted octanol–water partition coefficient (Wildman–Crippen LogP) is 5.22. The van der Waals surface area contributed by atoms with Crippen LogP contribution in [0, 0.1) is 13.8 Å². The number of benzene rings is 2. The van der Waals surface area contributed by atoms with E-state index in [0.717, 1.165) is 0 Å². The average molecular weight is 258 g/mol. The number of aryl methyl sites for hydroxylation is 2. The largest absolute Gasteiger partial charge is 0.0755 e. The fraction of sp³-hybridized carbons (Fsp3) is 0.200. The van der Waals surface area contributed by atoms with Crippen LogP contribution in [0.25, 0.3) is 12.2 Å². The van der Waals surface area contributed by atoms with Gasteiger partial charge in [-0.1, -0.05) is 60.7 Å². The minimum Gasteiger partial charge on any atom is -0.0755 e. The zero-order valence-electron chi connectivity index (χ0n) is 11.9. The molecule has 2 aromatic rings. The van der Waals surface area contributed by atoms with E-state index in [2.05, 4.69) is 74.5 Å². The summed E-state index contributed by atoms with van der Waals surface area (Å²) in [7, 11) is 0. The van der Waals surface area contributed by atoms with Crippen molar-refractivity contribution in [3.8, 4) is 0 Å². The van der Waals surface area contributed by atoms with Crippen molar-refractivity contribution in [2.24, 2.45) is 0 Å². The van der Waals surface area contributed by atoms with Crippen molar-refractivity contribution in [3.63, 3.8) is 0 Å². The van der Waals surface area contributed by atoms with Crippen molar-refractivity contribution in [2.45, 2.75) is 25.7 Å². The summed E-state index contributed by atoms with van der Waals surface area (Å²) in [5.41, 5.74) is 8.61. The second-order valence-electron chi connectivity index (χ2n) is 5.93. The Balaban J connectivity index is 1.84. The average Bonchev–Trinajstić information content (AvgIpc) is 3.07. The molecule has 0 radical (unpaired) electrons. The van der Waals surface area contributed by atoms with Crippen LogP contribution >= 0.6 is 0 Å². The van der Waals surface area contributed by atoms with Crippen LogP contribution in [0.2, 0.25) is 0 Å². The van der Waals surface area contributed by atoms with Gasteiger partial charge in [-0.05, 0) is 47.2 Å². The number of hydrogen-bond acceptors (Lipinski definition) is 0. The lowest BCUT2D eigenvalue weighted by Crippen LogP contribution is -2.06. The minimum absolute atomic E-state index is 0.490. The molecular weight excluding hydrogens is 240 g/mol. The van der Waals surface area contributed by atoms with Crippen molar-refractivity contribution < 1.29 is 0 Å². The van der Waals surface area contributed by atoms with Crippen molar-refractivity contribution in [2.75, 3.05) is 0 Å². The predicted molar refractivity (Wildman–Crippen MR) is 85.9 cm³/mol. The van der Waals surface area contributed by atoms with Gasteiger partial charge < -0.3 is 0 Å². The molecule has 0 nitrogen and oxygen atoms in total. The number of allylic oxidation sites excluding steroid dienone is 2. The van der Waals surface area contributed by atoms with Gasteiger partial charge in [-0.15, -0.1) is 0 Å². The lowest BCUT2D eigenvalue weighted by molar-refractivity contribution is 0.753. The standard InChI is InChI=1S/C20H18/c1-13-7-8-14(2)20-16(13)11-12-19(20)18-10-9-15-5-3-4-6-17(15)18/h3-12,18-19H,1-2H3. The fourth-order valence-corrected chi connectivity index (χ4v) is 3.70. The van der Waals surface area contributed by atoms with Crippen molar-refractivity contribution in [3.05, 3.63) is 81.9 Å². The molecule has 0 N–H and O–H groups in total. The quantitative estimate of drug-likeness (QED) is 0.657. The molecule has 0 saturated heterocycles. The van der Waals surface area contributed by atoms with Crippen LogP contribution in [0.5, 0.6) is 0 Å². The molecule has 2 unspecified atom stereocenters. The van der Waals surface area contributed by atoms with Gasteiger partial charge in [0.05, 0.1) is 0 Å². The van der Waals surface area contributed by atoms with Crippen LogP contribution in [0.15, 0.2) is 48.6 Å². The molecule has 2 aliphatic rings. The summed E-state index contributed by atoms with van der Waals surface area (Å²) in [6, 6.07) is 13.3. The topological polar surface area (TPSA) is 0 Å². The highest BCUT2D eigenvalue weighted by atomic mass is 14.3. The normalized spacial score (nSPS) is 22.1. The van der Waals surface area contributed by atoms with E-state index in [-0.39, 0.29) is 0 Å². The maximum absolute atomic E-state index is 2.39. The maximum Gasteiger partial charge on any atom is 0.0134 e. The Morgan fingerprint density at radius 3 is 2.40 bits per heavy atom. The molecule has 20 heavy (non-hydrogen) atoms. The molecule has 0 heterocycles. The Bertz CT molecular complexity index is 747. The number of rotatable bonds is 1. The van der Waals surface area contributed by atoms with E-state index in [0.29, 0.717) is 11.8 Å². The summed E-state index contributed by atoms with van der Waals surface area (Å²) in [6.45, 7) is 4.45. The Morgan fingerprint density at radius 1 is 0.750 bits per heavy atom. The lowest BCUT2D eigenvalue weighted by Gasteiger charge is -2.21. The summed E-state index contributed by atoms with van der Waals surface area (Å²) >= 11 is 0. The van der Waals surface area contributed by atoms with Gasteiger partial charge in [-0.2, -0.15) is 0 Å². The fourth-order valence-electron chi connectivity index (χ4n) is 3.70. The van der Waals surface area contributed by atoms with E-state index in [4.69, 9.17) is 0 Å². The summed E-state index contributed by atoms with van der Waals surface area (Å²) in [5, 5.41) is 0. The molecule has 4 rings (SSSR count). The minimum atomic E-state index is 0.490. The monoisotopic (exact) mass is 258 g/mol. The summed E-state index contributed by atoms with van der Waals surface area (Å²) in [4.78, 5) is 0. The van der Waals surface area contributed by atoms with E-state index in [9.17, 15) is 0 Å². The second kappa shape index (κ2) is 4.21. The Hall–Kier alpha value is -2.08. The molecule has 0 aliphatic heterocycles. The summed E-state index contributed by atoms with van der Waals surface area (Å²) in [6.07, 6.45) is 9.35. The zero-order valence-corrected chi connectivity index (χ0v) is 11.9. The Kier molecular flexibility index (Phi) is 2.47. The molecule has 98 valence electrons. The molecule has 0 aromatic heterocycles. The molecule has 0 amide bonds. The lowest BCUT2D eigenvalue weighted by atomic mass is 9.82. The van der Waals surface area contributed by atoms with Crippen LogP contribution in [0.1, 0.15) is 45.2 Å². The molecule has 0 heteroatoms. The van der Waals surface area contributed by atoms with Crippen LogP contribution in [-0.2, 0) is 0 Å². The molecule has 2 atom stereocenters. The van der Waals surface area contributed by atoms with Crippen molar-refractivity contribution >= 4 is 12.2 Å². The summed E-state index contributed by atoms with van der Waals surface area (Å²) in [5.74, 6) is 0.981. The van der Waals surface area contributed by atoms with Gasteiger partial charge in [0.25, 0.3) is 0 Å². The molecule has 2 aromatic carbocycles. The van der Waals surface area contributed by atoms with Gasteiger partial charge in [-0.3, -0.25) is 0 Å². The smallest absolute Gasteiger partial charge is 0.0134 e. The first-order valence-corrected chi connectivity index (χ1v) is 7.31. The van der Waals surface area contributed by atoms with Gasteiger partial charge in [0.15, 0.2) is 0 Å². The van der Waals surface area contributed by atoms with E-state index < -0.39 is 0 Å². The van der Waals surface area contributed by atoms with Gasteiger partial charge in [0.2, 0.25) is 0 Å². The van der Waals surface area contributed by atoms with Gasteiger partial charge in [0, 0.05) is 11.8 Å². The van der Waals surface area contributed by atoms with Crippen molar-refractivity contribution in [1.29, 1.82) is 0 Å². The number of hydrogen-bond donors (Lipinski definition) is 0. The molecular formula is C20H18. The SMILES string of the molecule is Cc1ccc(C)c2c1C=CC2C1C=Cc2ccccc21. The van der Waals surface area contributed by atoms with E-state index >= 15 is 0 Å². The molecule has 0 saturated carbocycles. The first-order valence-electron chi connectivity index (χ1n) is 7.31. The highest BCUT2D eigenvalue weighted by molar-refractivity contribution is 5.71. The van der Waals surface area contributed by atoms with Crippen LogP contribution < -0.4 is 0 Å². The number of fused-ring (bicyclic) bond motifs is 2. The maximum atomic E-state index is 2.39.